The molecule has 23 rings (SSSR count). The highest BCUT2D eigenvalue weighted by atomic mass is 15.0. The van der Waals surface area contributed by atoms with Crippen LogP contribution in [0.5, 0.6) is 0 Å². The lowest BCUT2D eigenvalue weighted by Crippen LogP contribution is -1.94. The second kappa shape index (κ2) is 31.1. The van der Waals surface area contributed by atoms with E-state index in [9.17, 15) is 0 Å². The molecule has 0 bridgehead atoms. The van der Waals surface area contributed by atoms with Gasteiger partial charge in [-0.15, -0.1) is 0 Å². The smallest absolute Gasteiger partial charge is 0.0570 e. The summed E-state index contributed by atoms with van der Waals surface area (Å²) >= 11 is 0. The van der Waals surface area contributed by atoms with E-state index in [1.807, 2.05) is 0 Å². The van der Waals surface area contributed by atoms with Gasteiger partial charge in [-0.25, -0.2) is 0 Å². The first kappa shape index (κ1) is 71.2. The molecule has 0 N–H and O–H groups in total. The van der Waals surface area contributed by atoms with E-state index in [1.54, 1.807) is 0 Å². The highest BCUT2D eigenvalue weighted by molar-refractivity contribution is 6.14. The third kappa shape index (κ3) is 13.3. The SMILES string of the molecule is Cc1ccc(-n2c3ccccc3c3ccccc32)cc1.Cc1ccc2c(c1)c1ccccc1n2-c1ccccc1.Cc1ccc2c3ccccc3n(-c3ccccc3)c2c1.Cc1cccc2c1c1ccccc1n2-c1ccccc1.Cc1cccc2c3ccccc3n(-c3ccccc3)c12.Cn1c2ccccc2c2ccccc21. The standard InChI is InChI=1S/5C19H15N.C13H11N/c1-14-10-12-15(13-11-14)20-18-8-4-2-6-16(18)17-7-3-5-9-19(17)20;1-14-8-7-12-17-16-11-5-6-13-18(16)20(19(14)17)15-9-3-2-4-10-15;1-14-8-7-13-18-19(14)16-11-5-6-12-17(16)20(18)15-9-3-2-4-10-15;1-14-11-12-19-17(13-14)16-9-5-6-10-18(16)20(19)15-7-3-2-4-8-15;1-14-11-12-17-16-9-5-6-10-18(16)20(19(17)13-14)15-7-3-2-4-8-15;1-14-12-8-4-2-6-10(12)11-7-3-5-9-13(11)14/h5*2-13H,1H3;2-9H,1H3. The number of benzene rings is 17. The first-order valence-corrected chi connectivity index (χ1v) is 39.3. The average molecular weight is 1470 g/mol. The lowest BCUT2D eigenvalue weighted by Gasteiger charge is -2.08. The average Bonchev–Trinajstić information content (AvgIpc) is 1.61. The summed E-state index contributed by atoms with van der Waals surface area (Å²) in [6.07, 6.45) is 0. The third-order valence-corrected chi connectivity index (χ3v) is 22.2. The summed E-state index contributed by atoms with van der Waals surface area (Å²) in [6, 6.07) is 146. The molecule has 0 radical (unpaired) electrons. The fraction of sp³-hybridized carbons (Fsp3) is 0.0556. The predicted molar refractivity (Wildman–Crippen MR) is 488 cm³/mol. The molecule has 0 atom stereocenters. The van der Waals surface area contributed by atoms with Crippen molar-refractivity contribution in [2.24, 2.45) is 7.05 Å². The molecular weight excluding hydrogens is 1380 g/mol. The van der Waals surface area contributed by atoms with E-state index < -0.39 is 0 Å². The minimum absolute atomic E-state index is 1.21. The molecule has 0 fully saturated rings. The third-order valence-electron chi connectivity index (χ3n) is 22.2. The largest absolute Gasteiger partial charge is 0.344 e. The normalized spacial score (nSPS) is 11.2. The lowest BCUT2D eigenvalue weighted by molar-refractivity contribution is 1.01. The van der Waals surface area contributed by atoms with Crippen LogP contribution < -0.4 is 0 Å². The van der Waals surface area contributed by atoms with Gasteiger partial charge in [0.15, 0.2) is 0 Å². The number of hydrogen-bond acceptors (Lipinski definition) is 0. The van der Waals surface area contributed by atoms with Gasteiger partial charge in [0.1, 0.15) is 0 Å². The summed E-state index contributed by atoms with van der Waals surface area (Å²) in [6.45, 7) is 10.8. The Morgan fingerprint density at radius 3 is 0.895 bits per heavy atom. The molecule has 6 heteroatoms. The van der Waals surface area contributed by atoms with E-state index in [1.165, 1.54) is 187 Å². The summed E-state index contributed by atoms with van der Waals surface area (Å²) < 4.78 is 14.0. The van der Waals surface area contributed by atoms with Gasteiger partial charge in [-0.05, 0) is 185 Å². The number of hydrogen-bond donors (Lipinski definition) is 0. The van der Waals surface area contributed by atoms with Crippen molar-refractivity contribution in [1.82, 2.24) is 27.4 Å². The molecular formula is C108H86N6. The van der Waals surface area contributed by atoms with Crippen molar-refractivity contribution in [3.63, 3.8) is 0 Å². The zero-order valence-electron chi connectivity index (χ0n) is 64.9. The van der Waals surface area contributed by atoms with E-state index in [0.717, 1.165) is 0 Å². The Kier molecular flexibility index (Phi) is 19.4. The van der Waals surface area contributed by atoms with Crippen LogP contribution in [-0.4, -0.2) is 27.4 Å². The zero-order valence-corrected chi connectivity index (χ0v) is 64.9. The first-order chi connectivity index (χ1) is 56.1. The van der Waals surface area contributed by atoms with Crippen LogP contribution in [0, 0.1) is 34.6 Å². The van der Waals surface area contributed by atoms with Gasteiger partial charge >= 0.3 is 0 Å². The maximum atomic E-state index is 2.36. The highest BCUT2D eigenvalue weighted by Gasteiger charge is 2.18. The van der Waals surface area contributed by atoms with Crippen LogP contribution in [-0.2, 0) is 7.05 Å². The molecule has 548 valence electrons. The van der Waals surface area contributed by atoms with E-state index in [4.69, 9.17) is 0 Å². The highest BCUT2D eigenvalue weighted by Crippen LogP contribution is 2.39. The molecule has 114 heavy (non-hydrogen) atoms. The Hall–Kier alpha value is -14.5. The fourth-order valence-electron chi connectivity index (χ4n) is 17.0. The van der Waals surface area contributed by atoms with Gasteiger partial charge < -0.3 is 27.4 Å². The van der Waals surface area contributed by atoms with E-state index in [0.29, 0.717) is 0 Å². The predicted octanol–water partition coefficient (Wildman–Crippen LogP) is 28.8. The molecule has 0 spiro atoms. The van der Waals surface area contributed by atoms with E-state index in [-0.39, 0.29) is 0 Å². The second-order valence-corrected chi connectivity index (χ2v) is 29.5. The molecule has 0 aliphatic rings. The molecule has 0 saturated carbocycles. The Balaban J connectivity index is 0.0000000954. The molecule has 6 heterocycles. The number of fused-ring (bicyclic) bond motifs is 18. The molecule has 0 amide bonds. The summed E-state index contributed by atoms with van der Waals surface area (Å²) in [7, 11) is 2.12. The van der Waals surface area contributed by atoms with Crippen molar-refractivity contribution in [2.75, 3.05) is 0 Å². The van der Waals surface area contributed by atoms with Gasteiger partial charge in [0.05, 0.1) is 55.2 Å². The summed E-state index contributed by atoms with van der Waals surface area (Å²) in [5.74, 6) is 0. The van der Waals surface area contributed by atoms with Gasteiger partial charge in [0.2, 0.25) is 0 Å². The van der Waals surface area contributed by atoms with Gasteiger partial charge in [-0.3, -0.25) is 0 Å². The molecule has 6 aromatic heterocycles. The molecule has 17 aromatic carbocycles. The summed E-state index contributed by atoms with van der Waals surface area (Å²) in [5.41, 5.74) is 27.9. The number of rotatable bonds is 5. The van der Waals surface area contributed by atoms with Crippen LogP contribution in [0.1, 0.15) is 27.8 Å². The quantitative estimate of drug-likeness (QED) is 0.164. The molecule has 6 nitrogen and oxygen atoms in total. The molecule has 0 aliphatic heterocycles. The van der Waals surface area contributed by atoms with Crippen LogP contribution in [0.15, 0.2) is 413 Å². The van der Waals surface area contributed by atoms with Crippen molar-refractivity contribution < 1.29 is 0 Å². The van der Waals surface area contributed by atoms with Crippen LogP contribution in [0.2, 0.25) is 0 Å². The number of aryl methyl sites for hydroxylation is 6. The van der Waals surface area contributed by atoms with Crippen LogP contribution in [0.3, 0.4) is 0 Å². The maximum Gasteiger partial charge on any atom is 0.0570 e. The minimum atomic E-state index is 1.21. The number of para-hydroxylation sites is 13. The van der Waals surface area contributed by atoms with Crippen LogP contribution in [0.4, 0.5) is 0 Å². The Labute approximate surface area is 664 Å². The van der Waals surface area contributed by atoms with Crippen molar-refractivity contribution in [2.45, 2.75) is 34.6 Å². The number of aromatic nitrogens is 6. The number of nitrogens with zero attached hydrogens (tertiary/aromatic N) is 6. The maximum absolute atomic E-state index is 2.36. The van der Waals surface area contributed by atoms with Crippen molar-refractivity contribution in [3.8, 4) is 28.4 Å². The Morgan fingerprint density at radius 1 is 0.158 bits per heavy atom. The monoisotopic (exact) mass is 1470 g/mol. The van der Waals surface area contributed by atoms with Crippen LogP contribution in [0.25, 0.3) is 159 Å². The fourth-order valence-corrected chi connectivity index (χ4v) is 17.0. The van der Waals surface area contributed by atoms with Crippen LogP contribution >= 0.6 is 0 Å². The Bertz CT molecular complexity index is 7220. The minimum Gasteiger partial charge on any atom is -0.344 e. The molecule has 0 unspecified atom stereocenters. The molecule has 23 aromatic rings. The summed E-state index contributed by atoms with van der Waals surface area (Å²) in [4.78, 5) is 0. The Morgan fingerprint density at radius 2 is 0.430 bits per heavy atom. The molecule has 0 aliphatic carbocycles. The van der Waals surface area contributed by atoms with Gasteiger partial charge in [0.25, 0.3) is 0 Å². The first-order valence-electron chi connectivity index (χ1n) is 39.3. The van der Waals surface area contributed by atoms with Crippen molar-refractivity contribution >= 4 is 131 Å². The lowest BCUT2D eigenvalue weighted by atomic mass is 10.1. The second-order valence-electron chi connectivity index (χ2n) is 29.5. The van der Waals surface area contributed by atoms with E-state index >= 15 is 0 Å². The topological polar surface area (TPSA) is 29.6 Å². The summed E-state index contributed by atoms with van der Waals surface area (Å²) in [5, 5.41) is 15.9. The van der Waals surface area contributed by atoms with E-state index in [2.05, 4.69) is 482 Å². The molecule has 0 saturated heterocycles. The van der Waals surface area contributed by atoms with Crippen molar-refractivity contribution in [1.29, 1.82) is 0 Å². The van der Waals surface area contributed by atoms with Crippen molar-refractivity contribution in [3.05, 3.63) is 440 Å². The van der Waals surface area contributed by atoms with Gasteiger partial charge in [-0.1, -0.05) is 290 Å². The van der Waals surface area contributed by atoms with Gasteiger partial charge in [-0.2, -0.15) is 0 Å². The zero-order chi connectivity index (χ0) is 77.2. The van der Waals surface area contributed by atoms with Gasteiger partial charge in [0, 0.05) is 111 Å².